The zero-order valence-electron chi connectivity index (χ0n) is 17.5. The van der Waals surface area contributed by atoms with Gasteiger partial charge in [0.15, 0.2) is 0 Å². The van der Waals surface area contributed by atoms with Gasteiger partial charge in [-0.3, -0.25) is 9.59 Å². The molecule has 156 valence electrons. The molecular weight excluding hydrogens is 340 g/mol. The molecule has 0 heterocycles. The number of unbranched alkanes of at least 4 members (excludes halogenated alkanes) is 10. The number of ether oxygens (including phenoxy) is 2. The zero-order valence-corrected chi connectivity index (χ0v) is 17.5. The smallest absolute Gasteiger partial charge is 0.313 e. The van der Waals surface area contributed by atoms with Gasteiger partial charge in [-0.25, -0.2) is 0 Å². The average molecular weight is 381 g/mol. The van der Waals surface area contributed by atoms with E-state index in [0.29, 0.717) is 19.6 Å². The molecule has 0 fully saturated rings. The third-order valence-corrected chi connectivity index (χ3v) is 5.23. The van der Waals surface area contributed by atoms with Gasteiger partial charge in [0.2, 0.25) is 0 Å². The molecule has 0 radical (unpaired) electrons. The van der Waals surface area contributed by atoms with Crippen molar-refractivity contribution in [2.24, 2.45) is 11.8 Å². The summed E-state index contributed by atoms with van der Waals surface area (Å²) in [5, 5.41) is 0. The van der Waals surface area contributed by atoms with Gasteiger partial charge >= 0.3 is 11.9 Å². The maximum absolute atomic E-state index is 12.3. The molecule has 4 heteroatoms. The topological polar surface area (TPSA) is 52.6 Å². The van der Waals surface area contributed by atoms with Gasteiger partial charge in [-0.15, -0.1) is 0 Å². The van der Waals surface area contributed by atoms with Crippen LogP contribution in [0.4, 0.5) is 0 Å². The van der Waals surface area contributed by atoms with Crippen LogP contribution in [0.2, 0.25) is 0 Å². The molecular formula is C23H40O4. The van der Waals surface area contributed by atoms with Gasteiger partial charge < -0.3 is 9.47 Å². The molecule has 0 N–H and O–H groups in total. The van der Waals surface area contributed by atoms with Crippen molar-refractivity contribution < 1.29 is 19.1 Å². The summed E-state index contributed by atoms with van der Waals surface area (Å²) in [6.45, 7) is 5.31. The molecule has 0 amide bonds. The highest BCUT2D eigenvalue weighted by molar-refractivity contribution is 5.84. The Morgan fingerprint density at radius 3 is 1.78 bits per heavy atom. The van der Waals surface area contributed by atoms with Crippen molar-refractivity contribution in [1.29, 1.82) is 0 Å². The van der Waals surface area contributed by atoms with Crippen molar-refractivity contribution in [3.63, 3.8) is 0 Å². The summed E-state index contributed by atoms with van der Waals surface area (Å²) in [6.07, 6.45) is 18.2. The Bertz CT molecular complexity index is 430. The molecule has 0 aromatic carbocycles. The third-order valence-electron chi connectivity index (χ3n) is 5.23. The lowest BCUT2D eigenvalue weighted by atomic mass is 9.96. The summed E-state index contributed by atoms with van der Waals surface area (Å²) < 4.78 is 10.8. The Labute approximate surface area is 166 Å². The van der Waals surface area contributed by atoms with E-state index in [0.717, 1.165) is 25.7 Å². The van der Waals surface area contributed by atoms with Gasteiger partial charge in [0.05, 0.1) is 25.0 Å². The molecule has 1 aliphatic rings. The maximum atomic E-state index is 12.3. The Hall–Kier alpha value is -1.32. The van der Waals surface area contributed by atoms with Crippen LogP contribution < -0.4 is 0 Å². The van der Waals surface area contributed by atoms with Crippen LogP contribution in [0.5, 0.6) is 0 Å². The van der Waals surface area contributed by atoms with Gasteiger partial charge in [-0.05, 0) is 19.3 Å². The molecule has 4 nitrogen and oxygen atoms in total. The van der Waals surface area contributed by atoms with Crippen molar-refractivity contribution >= 4 is 11.9 Å². The first-order valence-corrected chi connectivity index (χ1v) is 11.2. The lowest BCUT2D eigenvalue weighted by Gasteiger charge is -2.17. The van der Waals surface area contributed by atoms with Crippen molar-refractivity contribution in [1.82, 2.24) is 0 Å². The third kappa shape index (κ3) is 10.6. The van der Waals surface area contributed by atoms with Crippen molar-refractivity contribution in [3.05, 3.63) is 12.2 Å². The first-order valence-electron chi connectivity index (χ1n) is 11.2. The number of allylic oxidation sites excluding steroid dienone is 1. The Kier molecular flexibility index (Phi) is 13.8. The van der Waals surface area contributed by atoms with E-state index < -0.39 is 11.8 Å². The zero-order chi connectivity index (χ0) is 19.7. The Balaban J connectivity index is 2.16. The highest BCUT2D eigenvalue weighted by Crippen LogP contribution is 2.28. The standard InChI is InChI=1S/C23H40O4/c1-3-5-7-9-11-13-18-26-22(24)20-16-15-17-21(20)23(25)27-19-14-12-10-8-6-4-2/h15-16,20-21H,3-14,17-19H2,1-2H3. The molecule has 0 spiro atoms. The van der Waals surface area contributed by atoms with E-state index in [-0.39, 0.29) is 11.9 Å². The average Bonchev–Trinajstić information content (AvgIpc) is 3.16. The highest BCUT2D eigenvalue weighted by Gasteiger charge is 2.36. The minimum atomic E-state index is -0.470. The monoisotopic (exact) mass is 380 g/mol. The highest BCUT2D eigenvalue weighted by atomic mass is 16.5. The van der Waals surface area contributed by atoms with Crippen molar-refractivity contribution in [2.45, 2.75) is 97.3 Å². The first-order chi connectivity index (χ1) is 13.2. The summed E-state index contributed by atoms with van der Waals surface area (Å²) in [5.41, 5.74) is 0. The van der Waals surface area contributed by atoms with Gasteiger partial charge in [0, 0.05) is 0 Å². The van der Waals surface area contributed by atoms with Crippen LogP contribution in [0.15, 0.2) is 12.2 Å². The number of carbonyl (C=O) groups excluding carboxylic acids is 2. The molecule has 2 atom stereocenters. The van der Waals surface area contributed by atoms with Crippen LogP contribution in [-0.2, 0) is 19.1 Å². The molecule has 0 saturated heterocycles. The largest absolute Gasteiger partial charge is 0.465 e. The predicted molar refractivity (Wildman–Crippen MR) is 109 cm³/mol. The van der Waals surface area contributed by atoms with E-state index in [2.05, 4.69) is 13.8 Å². The van der Waals surface area contributed by atoms with E-state index in [1.165, 1.54) is 51.4 Å². The quantitative estimate of drug-likeness (QED) is 0.188. The summed E-state index contributed by atoms with van der Waals surface area (Å²) >= 11 is 0. The van der Waals surface area contributed by atoms with E-state index in [9.17, 15) is 9.59 Å². The molecule has 0 aliphatic heterocycles. The van der Waals surface area contributed by atoms with Gasteiger partial charge in [-0.2, -0.15) is 0 Å². The van der Waals surface area contributed by atoms with E-state index in [1.807, 2.05) is 6.08 Å². The lowest BCUT2D eigenvalue weighted by Crippen LogP contribution is -2.29. The fraction of sp³-hybridized carbons (Fsp3) is 0.826. The molecule has 27 heavy (non-hydrogen) atoms. The normalized spacial score (nSPS) is 18.6. The van der Waals surface area contributed by atoms with Gasteiger partial charge in [0.1, 0.15) is 0 Å². The van der Waals surface area contributed by atoms with Crippen LogP contribution in [0.1, 0.15) is 97.3 Å². The predicted octanol–water partition coefficient (Wildman–Crippen LogP) is 5.99. The van der Waals surface area contributed by atoms with Crippen LogP contribution in [0.25, 0.3) is 0 Å². The molecule has 0 aromatic rings. The number of esters is 2. The molecule has 1 rings (SSSR count). The SMILES string of the molecule is CCCCCCCCOC(=O)C1C=CCC1C(=O)OCCCCCCCC. The molecule has 2 unspecified atom stereocenters. The number of rotatable bonds is 16. The van der Waals surface area contributed by atoms with E-state index in [4.69, 9.17) is 9.47 Å². The van der Waals surface area contributed by atoms with E-state index >= 15 is 0 Å². The fourth-order valence-corrected chi connectivity index (χ4v) is 3.45. The summed E-state index contributed by atoms with van der Waals surface area (Å²) in [6, 6.07) is 0. The maximum Gasteiger partial charge on any atom is 0.313 e. The van der Waals surface area contributed by atoms with Gasteiger partial charge in [0.25, 0.3) is 0 Å². The second-order valence-corrected chi connectivity index (χ2v) is 7.67. The second kappa shape index (κ2) is 15.7. The summed E-state index contributed by atoms with van der Waals surface area (Å²) in [5.74, 6) is -1.40. The minimum Gasteiger partial charge on any atom is -0.465 e. The molecule has 0 saturated carbocycles. The molecule has 0 bridgehead atoms. The number of hydrogen-bond acceptors (Lipinski definition) is 4. The van der Waals surface area contributed by atoms with Crippen molar-refractivity contribution in [2.75, 3.05) is 13.2 Å². The molecule has 1 aliphatic carbocycles. The summed E-state index contributed by atoms with van der Waals surface area (Å²) in [7, 11) is 0. The number of hydrogen-bond donors (Lipinski definition) is 0. The van der Waals surface area contributed by atoms with Crippen LogP contribution in [0, 0.1) is 11.8 Å². The van der Waals surface area contributed by atoms with Crippen LogP contribution in [0.3, 0.4) is 0 Å². The van der Waals surface area contributed by atoms with Crippen molar-refractivity contribution in [3.8, 4) is 0 Å². The second-order valence-electron chi connectivity index (χ2n) is 7.67. The van der Waals surface area contributed by atoms with Crippen LogP contribution >= 0.6 is 0 Å². The number of carbonyl (C=O) groups is 2. The van der Waals surface area contributed by atoms with Crippen LogP contribution in [-0.4, -0.2) is 25.2 Å². The minimum absolute atomic E-state index is 0.255. The summed E-state index contributed by atoms with van der Waals surface area (Å²) in [4.78, 5) is 24.6. The fourth-order valence-electron chi connectivity index (χ4n) is 3.45. The Morgan fingerprint density at radius 2 is 1.22 bits per heavy atom. The van der Waals surface area contributed by atoms with E-state index in [1.54, 1.807) is 6.08 Å². The lowest BCUT2D eigenvalue weighted by molar-refractivity contribution is -0.158. The Morgan fingerprint density at radius 1 is 0.741 bits per heavy atom. The first kappa shape index (κ1) is 23.7. The van der Waals surface area contributed by atoms with Gasteiger partial charge in [-0.1, -0.05) is 90.2 Å². The molecule has 0 aromatic heterocycles.